The molecule has 0 aliphatic carbocycles. The van der Waals surface area contributed by atoms with E-state index in [-0.39, 0.29) is 11.9 Å². The topological polar surface area (TPSA) is 41.5 Å². The predicted molar refractivity (Wildman–Crippen MR) is 83.0 cm³/mol. The average Bonchev–Trinajstić information content (AvgIpc) is 2.53. The van der Waals surface area contributed by atoms with Gasteiger partial charge in [0.25, 0.3) is 0 Å². The fourth-order valence-electron chi connectivity index (χ4n) is 2.74. The number of fused-ring (bicyclic) bond motifs is 1. The molecule has 2 aromatic rings. The molecule has 3 rings (SSSR count). The van der Waals surface area contributed by atoms with Crippen molar-refractivity contribution < 1.29 is 14.2 Å². The highest BCUT2D eigenvalue weighted by Gasteiger charge is 2.36. The Bertz CT molecular complexity index is 643. The van der Waals surface area contributed by atoms with Crippen molar-refractivity contribution in [2.24, 2.45) is 0 Å². The Hall–Kier alpha value is -1.91. The lowest BCUT2D eigenvalue weighted by Crippen LogP contribution is -2.55. The second-order valence-corrected chi connectivity index (χ2v) is 5.88. The van der Waals surface area contributed by atoms with Gasteiger partial charge in [-0.1, -0.05) is 30.3 Å². The van der Waals surface area contributed by atoms with E-state index in [9.17, 15) is 9.50 Å². The van der Waals surface area contributed by atoms with E-state index in [0.29, 0.717) is 25.1 Å². The van der Waals surface area contributed by atoms with Crippen molar-refractivity contribution in [2.45, 2.75) is 38.1 Å². The maximum Gasteiger partial charge on any atom is 0.150 e. The van der Waals surface area contributed by atoms with Crippen LogP contribution in [0.4, 0.5) is 4.39 Å². The smallest absolute Gasteiger partial charge is 0.150 e. The number of ether oxygens (including phenoxy) is 1. The van der Waals surface area contributed by atoms with E-state index in [4.69, 9.17) is 4.74 Å². The Kier molecular flexibility index (Phi) is 4.14. The monoisotopic (exact) mass is 301 g/mol. The zero-order valence-corrected chi connectivity index (χ0v) is 12.6. The summed E-state index contributed by atoms with van der Waals surface area (Å²) in [6.45, 7) is 2.28. The number of hydrogen-bond acceptors (Lipinski definition) is 3. The van der Waals surface area contributed by atoms with Gasteiger partial charge in [-0.05, 0) is 49.1 Å². The molecular weight excluding hydrogens is 281 g/mol. The third-order valence-corrected chi connectivity index (χ3v) is 4.09. The van der Waals surface area contributed by atoms with Crippen LogP contribution in [0.3, 0.4) is 0 Å². The third kappa shape index (κ3) is 3.29. The van der Waals surface area contributed by atoms with Gasteiger partial charge < -0.3 is 9.84 Å². The number of nitrogens with one attached hydrogen (secondary N) is 1. The fourth-order valence-corrected chi connectivity index (χ4v) is 2.74. The molecule has 4 heteroatoms. The second kappa shape index (κ2) is 6.07. The molecule has 2 unspecified atom stereocenters. The molecule has 0 aromatic heterocycles. The highest BCUT2D eigenvalue weighted by molar-refractivity contribution is 5.36. The minimum atomic E-state index is -1.15. The zero-order chi connectivity index (χ0) is 15.6. The molecule has 0 saturated carbocycles. The van der Waals surface area contributed by atoms with Crippen molar-refractivity contribution >= 4 is 0 Å². The summed E-state index contributed by atoms with van der Waals surface area (Å²) in [5.74, 6) is 0.397. The first-order valence-electron chi connectivity index (χ1n) is 7.51. The van der Waals surface area contributed by atoms with Crippen LogP contribution in [-0.2, 0) is 13.0 Å². The Morgan fingerprint density at radius 2 is 2.05 bits per heavy atom. The molecule has 3 nitrogen and oxygen atoms in total. The van der Waals surface area contributed by atoms with Crippen molar-refractivity contribution in [3.8, 4) is 5.75 Å². The maximum atomic E-state index is 13.2. The number of hydrogen-bond donors (Lipinski definition) is 2. The summed E-state index contributed by atoms with van der Waals surface area (Å²) in [5, 5.41) is 13.8. The van der Waals surface area contributed by atoms with Crippen LogP contribution in [0, 0.1) is 5.82 Å². The summed E-state index contributed by atoms with van der Waals surface area (Å²) in [6.07, 6.45) is 0.973. The molecule has 1 heterocycles. The van der Waals surface area contributed by atoms with Crippen LogP contribution in [0.15, 0.2) is 48.5 Å². The summed E-state index contributed by atoms with van der Waals surface area (Å²) in [6, 6.07) is 14.4. The Labute approximate surface area is 129 Å². The Balaban J connectivity index is 1.67. The molecule has 2 aromatic carbocycles. The van der Waals surface area contributed by atoms with Crippen LogP contribution in [0.25, 0.3) is 0 Å². The van der Waals surface area contributed by atoms with Gasteiger partial charge in [-0.2, -0.15) is 0 Å². The van der Waals surface area contributed by atoms with Crippen LogP contribution in [0.2, 0.25) is 0 Å². The fraction of sp³-hybridized carbons (Fsp3) is 0.333. The first-order chi connectivity index (χ1) is 10.5. The molecule has 0 fully saturated rings. The van der Waals surface area contributed by atoms with E-state index in [1.165, 1.54) is 12.1 Å². The zero-order valence-electron chi connectivity index (χ0n) is 12.6. The minimum absolute atomic E-state index is 0.255. The lowest BCUT2D eigenvalue weighted by Gasteiger charge is -2.37. The van der Waals surface area contributed by atoms with E-state index in [2.05, 4.69) is 5.32 Å². The molecule has 1 aliphatic heterocycles. The molecule has 2 atom stereocenters. The SMILES string of the molecule is CC(O)(NCc1ccccc1)C1CCc2cc(F)ccc2O1. The lowest BCUT2D eigenvalue weighted by atomic mass is 9.96. The van der Waals surface area contributed by atoms with Crippen LogP contribution in [-0.4, -0.2) is 16.9 Å². The standard InChI is InChI=1S/C18H20FNO2/c1-18(21,20-12-13-5-3-2-4-6-13)17-10-7-14-11-15(19)8-9-16(14)22-17/h2-6,8-9,11,17,20-21H,7,10,12H2,1H3. The van der Waals surface area contributed by atoms with Crippen molar-refractivity contribution in [3.05, 3.63) is 65.5 Å². The van der Waals surface area contributed by atoms with E-state index >= 15 is 0 Å². The van der Waals surface area contributed by atoms with Crippen molar-refractivity contribution in [1.29, 1.82) is 0 Å². The largest absolute Gasteiger partial charge is 0.486 e. The van der Waals surface area contributed by atoms with E-state index < -0.39 is 5.72 Å². The van der Waals surface area contributed by atoms with E-state index in [1.54, 1.807) is 13.0 Å². The number of aliphatic hydroxyl groups is 1. The Morgan fingerprint density at radius 3 is 2.82 bits per heavy atom. The molecule has 0 spiro atoms. The molecule has 116 valence electrons. The molecule has 0 bridgehead atoms. The first kappa shape index (κ1) is 15.0. The van der Waals surface area contributed by atoms with Crippen LogP contribution < -0.4 is 10.1 Å². The molecule has 22 heavy (non-hydrogen) atoms. The van der Waals surface area contributed by atoms with Gasteiger partial charge in [0.05, 0.1) is 0 Å². The summed E-state index contributed by atoms with van der Waals surface area (Å²) in [7, 11) is 0. The van der Waals surface area contributed by atoms with Gasteiger partial charge in [0, 0.05) is 6.54 Å². The third-order valence-electron chi connectivity index (χ3n) is 4.09. The highest BCUT2D eigenvalue weighted by atomic mass is 19.1. The molecule has 0 saturated heterocycles. The number of benzene rings is 2. The Morgan fingerprint density at radius 1 is 1.27 bits per heavy atom. The quantitative estimate of drug-likeness (QED) is 0.853. The summed E-state index contributed by atoms with van der Waals surface area (Å²) in [5.41, 5.74) is 0.804. The molecule has 1 aliphatic rings. The van der Waals surface area contributed by atoms with Crippen LogP contribution in [0.1, 0.15) is 24.5 Å². The number of rotatable bonds is 4. The van der Waals surface area contributed by atoms with Crippen molar-refractivity contribution in [3.63, 3.8) is 0 Å². The van der Waals surface area contributed by atoms with E-state index in [1.807, 2.05) is 30.3 Å². The van der Waals surface area contributed by atoms with Crippen molar-refractivity contribution in [2.75, 3.05) is 0 Å². The van der Waals surface area contributed by atoms with Gasteiger partial charge in [-0.3, -0.25) is 5.32 Å². The lowest BCUT2D eigenvalue weighted by molar-refractivity contribution is -0.0815. The maximum absolute atomic E-state index is 13.2. The van der Waals surface area contributed by atoms with Gasteiger partial charge in [0.2, 0.25) is 0 Å². The highest BCUT2D eigenvalue weighted by Crippen LogP contribution is 2.31. The molecule has 2 N–H and O–H groups in total. The summed E-state index contributed by atoms with van der Waals surface area (Å²) >= 11 is 0. The van der Waals surface area contributed by atoms with E-state index in [0.717, 1.165) is 11.1 Å². The first-order valence-corrected chi connectivity index (χ1v) is 7.51. The van der Waals surface area contributed by atoms with Gasteiger partial charge in [-0.25, -0.2) is 4.39 Å². The molecule has 0 radical (unpaired) electrons. The average molecular weight is 301 g/mol. The minimum Gasteiger partial charge on any atom is -0.486 e. The number of halogens is 1. The number of aryl methyl sites for hydroxylation is 1. The summed E-state index contributed by atoms with van der Waals surface area (Å²) in [4.78, 5) is 0. The predicted octanol–water partition coefficient (Wildman–Crippen LogP) is 3.02. The molecular formula is C18H20FNO2. The van der Waals surface area contributed by atoms with Crippen LogP contribution in [0.5, 0.6) is 5.75 Å². The van der Waals surface area contributed by atoms with Gasteiger partial charge in [0.1, 0.15) is 17.7 Å². The van der Waals surface area contributed by atoms with Gasteiger partial charge in [-0.15, -0.1) is 0 Å². The second-order valence-electron chi connectivity index (χ2n) is 5.88. The molecule has 0 amide bonds. The van der Waals surface area contributed by atoms with Crippen molar-refractivity contribution in [1.82, 2.24) is 5.32 Å². The van der Waals surface area contributed by atoms with Crippen LogP contribution >= 0.6 is 0 Å². The normalized spacial score (nSPS) is 19.9. The van der Waals surface area contributed by atoms with Gasteiger partial charge >= 0.3 is 0 Å². The summed E-state index contributed by atoms with van der Waals surface area (Å²) < 4.78 is 19.1. The van der Waals surface area contributed by atoms with Gasteiger partial charge in [0.15, 0.2) is 5.72 Å².